The maximum atomic E-state index is 6.09. The van der Waals surface area contributed by atoms with E-state index in [4.69, 9.17) is 16.3 Å². The highest BCUT2D eigenvalue weighted by Gasteiger charge is 2.21. The monoisotopic (exact) mass is 273 g/mol. The van der Waals surface area contributed by atoms with E-state index in [-0.39, 0.29) is 6.10 Å². The van der Waals surface area contributed by atoms with Crippen molar-refractivity contribution < 1.29 is 4.74 Å². The van der Waals surface area contributed by atoms with Crippen molar-refractivity contribution in [2.45, 2.75) is 20.0 Å². The molecule has 19 heavy (non-hydrogen) atoms. The van der Waals surface area contributed by atoms with Gasteiger partial charge in [-0.05, 0) is 54.8 Å². The fraction of sp³-hybridized carbons (Fsp3) is 0.250. The van der Waals surface area contributed by atoms with Crippen LogP contribution in [0.15, 0.2) is 36.4 Å². The van der Waals surface area contributed by atoms with Crippen LogP contribution >= 0.6 is 11.6 Å². The summed E-state index contributed by atoms with van der Waals surface area (Å²) in [6.45, 7) is 4.99. The van der Waals surface area contributed by atoms with Gasteiger partial charge in [-0.25, -0.2) is 0 Å². The first kappa shape index (κ1) is 12.4. The standard InChI is InChI=1S/C16H16ClNO/c1-10-7-14-15(8-11(10)2)19-16(9-18-14)12-3-5-13(17)6-4-12/h3-8,16,18H,9H2,1-2H3. The Morgan fingerprint density at radius 2 is 1.79 bits per heavy atom. The molecule has 1 heterocycles. The van der Waals surface area contributed by atoms with Gasteiger partial charge in [-0.1, -0.05) is 23.7 Å². The van der Waals surface area contributed by atoms with Crippen LogP contribution < -0.4 is 10.1 Å². The summed E-state index contributed by atoms with van der Waals surface area (Å²) in [5.41, 5.74) is 4.74. The molecule has 0 fully saturated rings. The van der Waals surface area contributed by atoms with Crippen molar-refractivity contribution >= 4 is 17.3 Å². The topological polar surface area (TPSA) is 21.3 Å². The molecule has 3 heteroatoms. The molecule has 0 spiro atoms. The molecule has 0 aliphatic carbocycles. The molecule has 2 aromatic carbocycles. The normalized spacial score (nSPS) is 17.3. The Balaban J connectivity index is 1.89. The molecule has 1 atom stereocenters. The van der Waals surface area contributed by atoms with Crippen molar-refractivity contribution in [1.29, 1.82) is 0 Å². The second-order valence-corrected chi connectivity index (χ2v) is 5.41. The Morgan fingerprint density at radius 1 is 1.11 bits per heavy atom. The first-order valence-corrected chi connectivity index (χ1v) is 6.78. The number of aryl methyl sites for hydroxylation is 2. The SMILES string of the molecule is Cc1cc2c(cc1C)OC(c1ccc(Cl)cc1)CN2. The first-order chi connectivity index (χ1) is 9.13. The molecule has 0 amide bonds. The van der Waals surface area contributed by atoms with Crippen molar-refractivity contribution in [3.8, 4) is 5.75 Å². The molecule has 0 radical (unpaired) electrons. The van der Waals surface area contributed by atoms with E-state index in [1.165, 1.54) is 11.1 Å². The van der Waals surface area contributed by atoms with Crippen LogP contribution in [0.2, 0.25) is 5.02 Å². The number of rotatable bonds is 1. The summed E-state index contributed by atoms with van der Waals surface area (Å²) in [4.78, 5) is 0. The predicted molar refractivity (Wildman–Crippen MR) is 79.2 cm³/mol. The number of anilines is 1. The van der Waals surface area contributed by atoms with Gasteiger partial charge in [-0.3, -0.25) is 0 Å². The molecular weight excluding hydrogens is 258 g/mol. The maximum absolute atomic E-state index is 6.09. The Bertz CT molecular complexity index is 607. The van der Waals surface area contributed by atoms with Gasteiger partial charge < -0.3 is 10.1 Å². The summed E-state index contributed by atoms with van der Waals surface area (Å²) in [5, 5.41) is 4.19. The van der Waals surface area contributed by atoms with E-state index in [0.717, 1.165) is 28.6 Å². The number of hydrogen-bond acceptors (Lipinski definition) is 2. The summed E-state index contributed by atoms with van der Waals surface area (Å²) < 4.78 is 6.09. The number of nitrogens with one attached hydrogen (secondary N) is 1. The average Bonchev–Trinajstić information content (AvgIpc) is 2.40. The van der Waals surface area contributed by atoms with Crippen molar-refractivity contribution in [2.24, 2.45) is 0 Å². The van der Waals surface area contributed by atoms with Crippen LogP contribution in [0.25, 0.3) is 0 Å². The molecule has 1 N–H and O–H groups in total. The minimum absolute atomic E-state index is 0.0341. The summed E-state index contributed by atoms with van der Waals surface area (Å²) in [6.07, 6.45) is 0.0341. The molecule has 3 rings (SSSR count). The number of ether oxygens (including phenoxy) is 1. The van der Waals surface area contributed by atoms with Gasteiger partial charge in [-0.15, -0.1) is 0 Å². The van der Waals surface area contributed by atoms with Crippen LogP contribution in [-0.2, 0) is 0 Å². The largest absolute Gasteiger partial charge is 0.482 e. The molecule has 2 aromatic rings. The lowest BCUT2D eigenvalue weighted by Gasteiger charge is -2.28. The zero-order valence-electron chi connectivity index (χ0n) is 11.0. The fourth-order valence-corrected chi connectivity index (χ4v) is 2.41. The molecule has 2 nitrogen and oxygen atoms in total. The zero-order chi connectivity index (χ0) is 13.4. The predicted octanol–water partition coefficient (Wildman–Crippen LogP) is 4.50. The van der Waals surface area contributed by atoms with E-state index >= 15 is 0 Å². The molecule has 0 bridgehead atoms. The van der Waals surface area contributed by atoms with Gasteiger partial charge in [0.05, 0.1) is 12.2 Å². The molecule has 0 saturated heterocycles. The van der Waals surface area contributed by atoms with Crippen LogP contribution in [0, 0.1) is 13.8 Å². The van der Waals surface area contributed by atoms with Crippen LogP contribution in [0.5, 0.6) is 5.75 Å². The lowest BCUT2D eigenvalue weighted by molar-refractivity contribution is 0.210. The third kappa shape index (κ3) is 2.41. The summed E-state index contributed by atoms with van der Waals surface area (Å²) in [7, 11) is 0. The highest BCUT2D eigenvalue weighted by atomic mass is 35.5. The van der Waals surface area contributed by atoms with E-state index < -0.39 is 0 Å². The summed E-state index contributed by atoms with van der Waals surface area (Å²) in [6, 6.07) is 12.1. The molecule has 1 aliphatic heterocycles. The molecule has 0 aromatic heterocycles. The van der Waals surface area contributed by atoms with Crippen LogP contribution in [0.4, 0.5) is 5.69 Å². The Morgan fingerprint density at radius 3 is 2.53 bits per heavy atom. The molecule has 0 saturated carbocycles. The minimum Gasteiger partial charge on any atom is -0.482 e. The third-order valence-corrected chi connectivity index (χ3v) is 3.84. The molecule has 1 unspecified atom stereocenters. The smallest absolute Gasteiger partial charge is 0.143 e. The van der Waals surface area contributed by atoms with Crippen LogP contribution in [-0.4, -0.2) is 6.54 Å². The zero-order valence-corrected chi connectivity index (χ0v) is 11.8. The Kier molecular flexibility index (Phi) is 3.11. The second kappa shape index (κ2) is 4.78. The van der Waals surface area contributed by atoms with Gasteiger partial charge in [0.25, 0.3) is 0 Å². The number of fused-ring (bicyclic) bond motifs is 1. The summed E-state index contributed by atoms with van der Waals surface area (Å²) in [5.74, 6) is 0.925. The van der Waals surface area contributed by atoms with Crippen LogP contribution in [0.3, 0.4) is 0 Å². The quantitative estimate of drug-likeness (QED) is 0.826. The summed E-state index contributed by atoms with van der Waals surface area (Å²) >= 11 is 5.91. The van der Waals surface area contributed by atoms with E-state index in [1.54, 1.807) is 0 Å². The van der Waals surface area contributed by atoms with Gasteiger partial charge in [0.2, 0.25) is 0 Å². The average molecular weight is 274 g/mol. The number of benzene rings is 2. The minimum atomic E-state index is 0.0341. The Labute approximate surface area is 118 Å². The van der Waals surface area contributed by atoms with Crippen molar-refractivity contribution in [3.63, 3.8) is 0 Å². The van der Waals surface area contributed by atoms with Gasteiger partial charge >= 0.3 is 0 Å². The van der Waals surface area contributed by atoms with E-state index in [0.29, 0.717) is 0 Å². The first-order valence-electron chi connectivity index (χ1n) is 6.41. The Hall–Kier alpha value is -1.67. The van der Waals surface area contributed by atoms with Crippen LogP contribution in [0.1, 0.15) is 22.8 Å². The molecule has 1 aliphatic rings. The van der Waals surface area contributed by atoms with Gasteiger partial charge in [0.15, 0.2) is 0 Å². The fourth-order valence-electron chi connectivity index (χ4n) is 2.29. The number of halogens is 1. The van der Waals surface area contributed by atoms with Crippen molar-refractivity contribution in [1.82, 2.24) is 0 Å². The highest BCUT2D eigenvalue weighted by molar-refractivity contribution is 6.30. The molecule has 98 valence electrons. The van der Waals surface area contributed by atoms with Crippen molar-refractivity contribution in [2.75, 3.05) is 11.9 Å². The van der Waals surface area contributed by atoms with Gasteiger partial charge in [0, 0.05) is 5.02 Å². The lowest BCUT2D eigenvalue weighted by atomic mass is 10.0. The molecular formula is C16H16ClNO. The lowest BCUT2D eigenvalue weighted by Crippen LogP contribution is -2.23. The van der Waals surface area contributed by atoms with E-state index in [1.807, 2.05) is 24.3 Å². The second-order valence-electron chi connectivity index (χ2n) is 4.97. The van der Waals surface area contributed by atoms with E-state index in [2.05, 4.69) is 31.3 Å². The number of hydrogen-bond donors (Lipinski definition) is 1. The maximum Gasteiger partial charge on any atom is 0.143 e. The van der Waals surface area contributed by atoms with Gasteiger partial charge in [-0.2, -0.15) is 0 Å². The highest BCUT2D eigenvalue weighted by Crippen LogP contribution is 2.36. The van der Waals surface area contributed by atoms with Crippen molar-refractivity contribution in [3.05, 3.63) is 58.1 Å². The van der Waals surface area contributed by atoms with Gasteiger partial charge in [0.1, 0.15) is 11.9 Å². The van der Waals surface area contributed by atoms with E-state index in [9.17, 15) is 0 Å². The third-order valence-electron chi connectivity index (χ3n) is 3.58.